The first-order valence-electron chi connectivity index (χ1n) is 8.30. The van der Waals surface area contributed by atoms with Gasteiger partial charge in [-0.2, -0.15) is 4.98 Å². The Labute approximate surface area is 155 Å². The highest BCUT2D eigenvalue weighted by atomic mass is 19.3. The van der Waals surface area contributed by atoms with Gasteiger partial charge in [-0.1, -0.05) is 24.3 Å². The van der Waals surface area contributed by atoms with Crippen LogP contribution in [0.4, 0.5) is 24.5 Å². The smallest absolute Gasteiger partial charge is 0.272 e. The number of pyridine rings is 1. The normalized spacial score (nSPS) is 16.0. The summed E-state index contributed by atoms with van der Waals surface area (Å²) in [5.74, 6) is -1.27. The van der Waals surface area contributed by atoms with Crippen molar-refractivity contribution in [2.24, 2.45) is 0 Å². The van der Waals surface area contributed by atoms with E-state index in [0.29, 0.717) is 5.69 Å². The second kappa shape index (κ2) is 7.87. The summed E-state index contributed by atoms with van der Waals surface area (Å²) in [5.41, 5.74) is 2.17. The third kappa shape index (κ3) is 3.85. The number of methoxy groups -OCH3 is 1. The van der Waals surface area contributed by atoms with E-state index in [0.717, 1.165) is 11.3 Å². The predicted octanol–water partition coefficient (Wildman–Crippen LogP) is 3.93. The van der Waals surface area contributed by atoms with Gasteiger partial charge in [0, 0.05) is 6.07 Å². The molecule has 0 fully saturated rings. The van der Waals surface area contributed by atoms with E-state index in [1.807, 2.05) is 60.3 Å². The summed E-state index contributed by atoms with van der Waals surface area (Å²) in [6.07, 6.45) is 1.02. The Morgan fingerprint density at radius 3 is 2.59 bits per heavy atom. The summed E-state index contributed by atoms with van der Waals surface area (Å²) in [6, 6.07) is 8.84. The number of fused-ring (bicyclic) bond motifs is 1. The molecule has 2 heterocycles. The van der Waals surface area contributed by atoms with Crippen LogP contribution in [-0.4, -0.2) is 50.3 Å². The number of benzene rings is 1. The van der Waals surface area contributed by atoms with Crippen molar-refractivity contribution in [3.63, 3.8) is 0 Å². The van der Waals surface area contributed by atoms with E-state index < -0.39 is 24.7 Å². The maximum absolute atomic E-state index is 14.5. The quantitative estimate of drug-likeness (QED) is 0.761. The number of halogens is 3. The summed E-state index contributed by atoms with van der Waals surface area (Å²) >= 11 is 0. The Bertz CT molecular complexity index is 843. The first-order chi connectivity index (χ1) is 12.9. The monoisotopic (exact) mass is 379 g/mol. The molecule has 0 bridgehead atoms. The third-order valence-corrected chi connectivity index (χ3v) is 4.13. The minimum atomic E-state index is -2.73. The molecule has 8 heteroatoms. The lowest BCUT2D eigenvalue weighted by Crippen LogP contribution is -2.42. The molecule has 1 unspecified atom stereocenters. The van der Waals surface area contributed by atoms with Gasteiger partial charge in [0.2, 0.25) is 5.88 Å². The van der Waals surface area contributed by atoms with Crippen molar-refractivity contribution in [3.05, 3.63) is 47.8 Å². The van der Waals surface area contributed by atoms with Gasteiger partial charge in [-0.25, -0.2) is 13.2 Å². The van der Waals surface area contributed by atoms with E-state index in [-0.39, 0.29) is 12.0 Å². The van der Waals surface area contributed by atoms with Crippen molar-refractivity contribution < 1.29 is 22.6 Å². The lowest BCUT2D eigenvalue weighted by atomic mass is 10.0. The number of rotatable bonds is 6. The van der Waals surface area contributed by atoms with Gasteiger partial charge in [0.1, 0.15) is 11.9 Å². The Kier molecular flexibility index (Phi) is 5.55. The molecule has 144 valence electrons. The Hall–Kier alpha value is -2.74. The molecule has 1 aliphatic rings. The number of ether oxygens (including phenoxy) is 2. The van der Waals surface area contributed by atoms with Crippen molar-refractivity contribution in [2.45, 2.75) is 12.6 Å². The second-order valence-electron chi connectivity index (χ2n) is 6.17. The summed E-state index contributed by atoms with van der Waals surface area (Å²) < 4.78 is 49.4. The lowest BCUT2D eigenvalue weighted by molar-refractivity contribution is 0.0770. The number of likely N-dealkylation sites (N-methyl/N-ethyl adjacent to an activating group) is 1. The van der Waals surface area contributed by atoms with Gasteiger partial charge in [-0.3, -0.25) is 4.90 Å². The van der Waals surface area contributed by atoms with Crippen LogP contribution in [0.1, 0.15) is 5.56 Å². The van der Waals surface area contributed by atoms with Crippen LogP contribution < -0.4 is 14.4 Å². The first kappa shape index (κ1) is 19.0. The van der Waals surface area contributed by atoms with Gasteiger partial charge in [0.05, 0.1) is 12.8 Å². The zero-order chi connectivity index (χ0) is 19.6. The molecule has 1 aromatic carbocycles. The molecule has 3 rings (SSSR count). The molecular weight excluding hydrogens is 359 g/mol. The minimum Gasteiger partial charge on any atom is -0.479 e. The molecule has 0 saturated heterocycles. The molecular formula is C19H20F3N3O2. The van der Waals surface area contributed by atoms with Gasteiger partial charge < -0.3 is 14.4 Å². The van der Waals surface area contributed by atoms with E-state index in [1.54, 1.807) is 0 Å². The van der Waals surface area contributed by atoms with Crippen LogP contribution in [0.5, 0.6) is 11.8 Å². The number of hydrogen-bond acceptors (Lipinski definition) is 5. The molecule has 0 aliphatic carbocycles. The molecule has 1 atom stereocenters. The summed E-state index contributed by atoms with van der Waals surface area (Å²) in [7, 11) is 5.18. The van der Waals surface area contributed by atoms with Crippen LogP contribution >= 0.6 is 0 Å². The number of para-hydroxylation sites is 1. The van der Waals surface area contributed by atoms with Crippen LogP contribution in [0.25, 0.3) is 6.08 Å². The van der Waals surface area contributed by atoms with E-state index in [1.165, 1.54) is 13.2 Å². The van der Waals surface area contributed by atoms with E-state index >= 15 is 0 Å². The predicted molar refractivity (Wildman–Crippen MR) is 97.3 cm³/mol. The molecule has 0 N–H and O–H groups in total. The zero-order valence-corrected chi connectivity index (χ0v) is 15.2. The fourth-order valence-electron chi connectivity index (χ4n) is 2.95. The number of nitrogens with zero attached hydrogens (tertiary/aromatic N) is 3. The van der Waals surface area contributed by atoms with Gasteiger partial charge in [-0.15, -0.1) is 0 Å². The largest absolute Gasteiger partial charge is 0.479 e. The average Bonchev–Trinajstić information content (AvgIpc) is 2.65. The topological polar surface area (TPSA) is 37.8 Å². The maximum atomic E-state index is 14.5. The highest BCUT2D eigenvalue weighted by Crippen LogP contribution is 2.41. The number of anilines is 2. The summed E-state index contributed by atoms with van der Waals surface area (Å²) in [4.78, 5) is 7.79. The van der Waals surface area contributed by atoms with Gasteiger partial charge >= 0.3 is 0 Å². The van der Waals surface area contributed by atoms with Gasteiger partial charge in [0.25, 0.3) is 12.3 Å². The van der Waals surface area contributed by atoms with E-state index in [2.05, 4.69) is 4.98 Å². The van der Waals surface area contributed by atoms with Crippen LogP contribution in [0.3, 0.4) is 0 Å². The Morgan fingerprint density at radius 2 is 1.93 bits per heavy atom. The Morgan fingerprint density at radius 1 is 1.19 bits per heavy atom. The molecule has 1 aromatic heterocycles. The molecule has 1 aliphatic heterocycles. The molecule has 0 amide bonds. The van der Waals surface area contributed by atoms with Gasteiger partial charge in [0.15, 0.2) is 12.4 Å². The first-order valence-corrected chi connectivity index (χ1v) is 8.30. The third-order valence-electron chi connectivity index (χ3n) is 4.13. The average molecular weight is 379 g/mol. The van der Waals surface area contributed by atoms with Crippen molar-refractivity contribution in [3.8, 4) is 11.8 Å². The van der Waals surface area contributed by atoms with Gasteiger partial charge in [-0.05, 0) is 31.8 Å². The standard InChI is InChI=1S/C19H20F3N3O2/c1-24(2)17-9-8-12-6-4-5-7-14(12)25(17)15-10-13(20)18(23-19(15)26-3)27-11-16(21)22/h4-10,16-17H,11H2,1-3H3. The molecule has 0 spiro atoms. The van der Waals surface area contributed by atoms with Crippen LogP contribution in [0.15, 0.2) is 36.4 Å². The number of hydrogen-bond donors (Lipinski definition) is 0. The Balaban J connectivity index is 2.10. The lowest BCUT2D eigenvalue weighted by Gasteiger charge is -2.39. The molecule has 0 saturated carbocycles. The van der Waals surface area contributed by atoms with E-state index in [4.69, 9.17) is 9.47 Å². The van der Waals surface area contributed by atoms with Crippen molar-refractivity contribution in [1.82, 2.24) is 9.88 Å². The molecule has 27 heavy (non-hydrogen) atoms. The van der Waals surface area contributed by atoms with Crippen LogP contribution in [-0.2, 0) is 0 Å². The maximum Gasteiger partial charge on any atom is 0.272 e. The summed E-state index contributed by atoms with van der Waals surface area (Å²) in [6.45, 7) is -0.942. The summed E-state index contributed by atoms with van der Waals surface area (Å²) in [5, 5.41) is 0. The zero-order valence-electron chi connectivity index (χ0n) is 15.2. The minimum absolute atomic E-state index is 0.0811. The van der Waals surface area contributed by atoms with Crippen molar-refractivity contribution in [1.29, 1.82) is 0 Å². The second-order valence-corrected chi connectivity index (χ2v) is 6.17. The molecule has 5 nitrogen and oxygen atoms in total. The van der Waals surface area contributed by atoms with Crippen molar-refractivity contribution >= 4 is 17.5 Å². The van der Waals surface area contributed by atoms with Crippen LogP contribution in [0.2, 0.25) is 0 Å². The molecule has 2 aromatic rings. The van der Waals surface area contributed by atoms with Crippen LogP contribution in [0, 0.1) is 5.82 Å². The highest BCUT2D eigenvalue weighted by Gasteiger charge is 2.29. The molecule has 0 radical (unpaired) electrons. The van der Waals surface area contributed by atoms with Crippen molar-refractivity contribution in [2.75, 3.05) is 32.7 Å². The SMILES string of the molecule is COc1nc(OCC(F)F)c(F)cc1N1c2ccccc2C=CC1N(C)C. The number of alkyl halides is 2. The number of aromatic nitrogens is 1. The highest BCUT2D eigenvalue weighted by molar-refractivity contribution is 5.80. The fourth-order valence-corrected chi connectivity index (χ4v) is 2.95. The fraction of sp³-hybridized carbons (Fsp3) is 0.316. The van der Waals surface area contributed by atoms with E-state index in [9.17, 15) is 13.2 Å².